The quantitative estimate of drug-likeness (QED) is 0.614. The van der Waals surface area contributed by atoms with Crippen LogP contribution < -0.4 is 5.32 Å². The summed E-state index contributed by atoms with van der Waals surface area (Å²) in [5.41, 5.74) is 2.39. The van der Waals surface area contributed by atoms with Crippen molar-refractivity contribution in [3.05, 3.63) is 68.3 Å². The van der Waals surface area contributed by atoms with Crippen LogP contribution in [0.15, 0.2) is 48.5 Å². The van der Waals surface area contributed by atoms with E-state index in [0.717, 1.165) is 17.0 Å². The van der Waals surface area contributed by atoms with Crippen LogP contribution in [0.5, 0.6) is 0 Å². The topological polar surface area (TPSA) is 55.6 Å². The van der Waals surface area contributed by atoms with E-state index >= 15 is 0 Å². The molecule has 0 bridgehead atoms. The first kappa shape index (κ1) is 14.9. The molecule has 0 saturated heterocycles. The van der Waals surface area contributed by atoms with Gasteiger partial charge in [0.2, 0.25) is 5.95 Å². The van der Waals surface area contributed by atoms with E-state index in [4.69, 9.17) is 11.6 Å². The van der Waals surface area contributed by atoms with E-state index < -0.39 is 0 Å². The second-order valence-corrected chi connectivity index (χ2v) is 7.18. The van der Waals surface area contributed by atoms with Crippen molar-refractivity contribution in [1.82, 2.24) is 20.2 Å². The highest BCUT2D eigenvalue weighted by molar-refractivity contribution is 14.1. The van der Waals surface area contributed by atoms with E-state index in [1.807, 2.05) is 28.9 Å². The SMILES string of the molecule is Clc1ccc([C@H]2C[C@@H](c3ccc(I)cc3)Nc3nnnn32)cc1. The van der Waals surface area contributed by atoms with Crippen LogP contribution in [-0.4, -0.2) is 20.2 Å². The summed E-state index contributed by atoms with van der Waals surface area (Å²) in [6, 6.07) is 16.7. The number of aromatic nitrogens is 4. The molecule has 1 aliphatic heterocycles. The van der Waals surface area contributed by atoms with Crippen molar-refractivity contribution >= 4 is 40.1 Å². The van der Waals surface area contributed by atoms with Crippen molar-refractivity contribution in [2.75, 3.05) is 5.32 Å². The molecule has 1 aliphatic rings. The van der Waals surface area contributed by atoms with E-state index in [1.165, 1.54) is 9.13 Å². The Morgan fingerprint density at radius 1 is 1.04 bits per heavy atom. The Morgan fingerprint density at radius 3 is 2.48 bits per heavy atom. The highest BCUT2D eigenvalue weighted by Crippen LogP contribution is 2.37. The number of rotatable bonds is 2. The Bertz CT molecular complexity index is 815. The van der Waals surface area contributed by atoms with Crippen LogP contribution in [0.3, 0.4) is 0 Å². The first-order valence-corrected chi connectivity index (χ1v) is 8.72. The van der Waals surface area contributed by atoms with E-state index in [9.17, 15) is 0 Å². The van der Waals surface area contributed by atoms with Crippen molar-refractivity contribution in [3.8, 4) is 0 Å². The number of benzene rings is 2. The zero-order chi connectivity index (χ0) is 15.8. The van der Waals surface area contributed by atoms with Gasteiger partial charge in [-0.1, -0.05) is 41.0 Å². The van der Waals surface area contributed by atoms with Gasteiger partial charge in [-0.3, -0.25) is 0 Å². The maximum absolute atomic E-state index is 6.01. The summed E-state index contributed by atoms with van der Waals surface area (Å²) in [7, 11) is 0. The third-order valence-electron chi connectivity index (χ3n) is 4.08. The molecular formula is C16H13ClIN5. The van der Waals surface area contributed by atoms with Gasteiger partial charge in [0, 0.05) is 8.59 Å². The molecule has 7 heteroatoms. The van der Waals surface area contributed by atoms with Gasteiger partial charge in [0.05, 0.1) is 12.1 Å². The van der Waals surface area contributed by atoms with Gasteiger partial charge in [-0.05, 0) is 74.8 Å². The second-order valence-electron chi connectivity index (χ2n) is 5.50. The Hall–Kier alpha value is -1.67. The molecule has 0 saturated carbocycles. The van der Waals surface area contributed by atoms with Gasteiger partial charge in [0.15, 0.2) is 0 Å². The van der Waals surface area contributed by atoms with Crippen LogP contribution in [0.4, 0.5) is 5.95 Å². The summed E-state index contributed by atoms with van der Waals surface area (Å²) in [4.78, 5) is 0. The molecule has 2 aromatic carbocycles. The Balaban J connectivity index is 1.71. The zero-order valence-corrected chi connectivity index (χ0v) is 14.9. The average molecular weight is 438 g/mol. The lowest BCUT2D eigenvalue weighted by Gasteiger charge is -2.31. The molecule has 2 atom stereocenters. The van der Waals surface area contributed by atoms with Crippen molar-refractivity contribution in [3.63, 3.8) is 0 Å². The molecule has 0 amide bonds. The van der Waals surface area contributed by atoms with E-state index in [0.29, 0.717) is 5.95 Å². The molecule has 1 aromatic heterocycles. The summed E-state index contributed by atoms with van der Waals surface area (Å²) >= 11 is 8.32. The molecule has 23 heavy (non-hydrogen) atoms. The predicted molar refractivity (Wildman–Crippen MR) is 97.5 cm³/mol. The van der Waals surface area contributed by atoms with Crippen LogP contribution in [0.1, 0.15) is 29.6 Å². The van der Waals surface area contributed by atoms with Gasteiger partial charge >= 0.3 is 0 Å². The van der Waals surface area contributed by atoms with E-state index in [-0.39, 0.29) is 12.1 Å². The molecule has 0 radical (unpaired) electrons. The number of hydrogen-bond donors (Lipinski definition) is 1. The number of tetrazole rings is 1. The first-order valence-electron chi connectivity index (χ1n) is 7.26. The molecule has 5 nitrogen and oxygen atoms in total. The summed E-state index contributed by atoms with van der Waals surface area (Å²) in [5, 5.41) is 16.2. The van der Waals surface area contributed by atoms with Crippen molar-refractivity contribution in [2.24, 2.45) is 0 Å². The lowest BCUT2D eigenvalue weighted by Crippen LogP contribution is -2.28. The van der Waals surface area contributed by atoms with Gasteiger partial charge in [-0.25, -0.2) is 4.68 Å². The summed E-state index contributed by atoms with van der Waals surface area (Å²) in [6.45, 7) is 0. The van der Waals surface area contributed by atoms with Crippen LogP contribution in [0, 0.1) is 3.57 Å². The fourth-order valence-corrected chi connectivity index (χ4v) is 3.40. The van der Waals surface area contributed by atoms with Crippen molar-refractivity contribution in [2.45, 2.75) is 18.5 Å². The summed E-state index contributed by atoms with van der Waals surface area (Å²) in [5.74, 6) is 0.694. The first-order chi connectivity index (χ1) is 11.2. The third kappa shape index (κ3) is 2.92. The minimum Gasteiger partial charge on any atom is -0.346 e. The van der Waals surface area contributed by atoms with Gasteiger partial charge in [0.1, 0.15) is 0 Å². The predicted octanol–water partition coefficient (Wildman–Crippen LogP) is 4.08. The minimum absolute atomic E-state index is 0.0859. The standard InChI is InChI=1S/C16H13ClIN5/c17-12-5-1-11(2-6-12)15-9-14(10-3-7-13(18)8-4-10)19-16-20-21-22-23(15)16/h1-8,14-15H,9H2,(H,19,20,22)/t14-,15+/m0/s1. The third-order valence-corrected chi connectivity index (χ3v) is 5.05. The molecule has 4 rings (SSSR count). The number of hydrogen-bond acceptors (Lipinski definition) is 4. The molecule has 0 aliphatic carbocycles. The van der Waals surface area contributed by atoms with Crippen molar-refractivity contribution < 1.29 is 0 Å². The number of anilines is 1. The molecule has 116 valence electrons. The van der Waals surface area contributed by atoms with Crippen molar-refractivity contribution in [1.29, 1.82) is 0 Å². The largest absolute Gasteiger partial charge is 0.346 e. The highest BCUT2D eigenvalue weighted by Gasteiger charge is 2.30. The Kier molecular flexibility index (Phi) is 3.94. The lowest BCUT2D eigenvalue weighted by molar-refractivity contribution is 0.424. The van der Waals surface area contributed by atoms with Gasteiger partial charge in [-0.15, -0.1) is 0 Å². The smallest absolute Gasteiger partial charge is 0.243 e. The number of nitrogens with one attached hydrogen (secondary N) is 1. The van der Waals surface area contributed by atoms with Crippen LogP contribution in [0.25, 0.3) is 0 Å². The van der Waals surface area contributed by atoms with Crippen LogP contribution in [-0.2, 0) is 0 Å². The normalized spacial score (nSPS) is 19.9. The molecule has 0 unspecified atom stereocenters. The lowest BCUT2D eigenvalue weighted by atomic mass is 9.93. The highest BCUT2D eigenvalue weighted by atomic mass is 127. The maximum Gasteiger partial charge on any atom is 0.243 e. The van der Waals surface area contributed by atoms with Gasteiger partial charge in [-0.2, -0.15) is 0 Å². The van der Waals surface area contributed by atoms with Crippen LogP contribution in [0.2, 0.25) is 5.02 Å². The second kappa shape index (κ2) is 6.09. The number of nitrogens with zero attached hydrogens (tertiary/aromatic N) is 4. The molecule has 0 fully saturated rings. The molecule has 2 heterocycles. The van der Waals surface area contributed by atoms with Gasteiger partial charge in [0.25, 0.3) is 0 Å². The monoisotopic (exact) mass is 437 g/mol. The molecule has 1 N–H and O–H groups in total. The number of fused-ring (bicyclic) bond motifs is 1. The molecular weight excluding hydrogens is 425 g/mol. The average Bonchev–Trinajstić information content (AvgIpc) is 3.04. The Labute approximate surface area is 152 Å². The molecule has 3 aromatic rings. The Morgan fingerprint density at radius 2 is 1.74 bits per heavy atom. The van der Waals surface area contributed by atoms with E-state index in [2.05, 4.69) is 67.7 Å². The van der Waals surface area contributed by atoms with E-state index in [1.54, 1.807) is 0 Å². The zero-order valence-electron chi connectivity index (χ0n) is 12.0. The maximum atomic E-state index is 6.01. The number of halogens is 2. The fourth-order valence-electron chi connectivity index (χ4n) is 2.91. The van der Waals surface area contributed by atoms with Gasteiger partial charge < -0.3 is 5.32 Å². The fraction of sp³-hybridized carbons (Fsp3) is 0.188. The molecule has 0 spiro atoms. The summed E-state index contributed by atoms with van der Waals surface area (Å²) < 4.78 is 3.06. The minimum atomic E-state index is 0.0859. The van der Waals surface area contributed by atoms with Crippen LogP contribution >= 0.6 is 34.2 Å². The summed E-state index contributed by atoms with van der Waals surface area (Å²) in [6.07, 6.45) is 0.875.